The third-order valence-corrected chi connectivity index (χ3v) is 2.86. The fraction of sp³-hybridized carbons (Fsp3) is 0.0833. The fourth-order valence-electron chi connectivity index (χ4n) is 1.65. The molecular formula is C12H8Cl2O. The van der Waals surface area contributed by atoms with Crippen molar-refractivity contribution in [2.75, 3.05) is 0 Å². The van der Waals surface area contributed by atoms with E-state index in [-0.39, 0.29) is 0 Å². The van der Waals surface area contributed by atoms with Crippen LogP contribution in [0.1, 0.15) is 15.9 Å². The van der Waals surface area contributed by atoms with Gasteiger partial charge in [0.25, 0.3) is 5.24 Å². The molecule has 0 aromatic heterocycles. The Morgan fingerprint density at radius 1 is 1.07 bits per heavy atom. The Balaban J connectivity index is 2.83. The Morgan fingerprint density at radius 3 is 2.33 bits per heavy atom. The summed E-state index contributed by atoms with van der Waals surface area (Å²) in [5, 5.41) is 1.40. The molecule has 15 heavy (non-hydrogen) atoms. The van der Waals surface area contributed by atoms with Crippen molar-refractivity contribution in [1.82, 2.24) is 0 Å². The van der Waals surface area contributed by atoms with Crippen LogP contribution in [0, 0.1) is 0 Å². The maximum atomic E-state index is 11.2. The van der Waals surface area contributed by atoms with E-state index in [1.54, 1.807) is 6.07 Å². The summed E-state index contributed by atoms with van der Waals surface area (Å²) in [6.45, 7) is 0. The van der Waals surface area contributed by atoms with Crippen LogP contribution < -0.4 is 0 Å². The van der Waals surface area contributed by atoms with Gasteiger partial charge < -0.3 is 0 Å². The minimum absolute atomic E-state index is 0.428. The van der Waals surface area contributed by atoms with Crippen molar-refractivity contribution >= 4 is 39.2 Å². The molecule has 0 spiro atoms. The van der Waals surface area contributed by atoms with Crippen LogP contribution in [0.5, 0.6) is 0 Å². The lowest BCUT2D eigenvalue weighted by Gasteiger charge is -2.06. The monoisotopic (exact) mass is 238 g/mol. The molecule has 0 aliphatic carbocycles. The summed E-state index contributed by atoms with van der Waals surface area (Å²) in [5.41, 5.74) is 1.54. The second kappa shape index (κ2) is 4.21. The second-order valence-electron chi connectivity index (χ2n) is 3.23. The summed E-state index contributed by atoms with van der Waals surface area (Å²) in [6, 6.07) is 11.2. The molecular weight excluding hydrogens is 231 g/mol. The maximum absolute atomic E-state index is 11.2. The molecule has 0 saturated heterocycles. The molecule has 0 saturated carbocycles. The first-order chi connectivity index (χ1) is 7.24. The van der Waals surface area contributed by atoms with Crippen LogP contribution in [0.25, 0.3) is 10.8 Å². The quantitative estimate of drug-likeness (QED) is 0.572. The molecule has 2 aromatic carbocycles. The van der Waals surface area contributed by atoms with Gasteiger partial charge in [0.2, 0.25) is 0 Å². The molecule has 76 valence electrons. The largest absolute Gasteiger partial charge is 0.276 e. The van der Waals surface area contributed by atoms with E-state index < -0.39 is 5.24 Å². The van der Waals surface area contributed by atoms with Gasteiger partial charge in [-0.05, 0) is 34.0 Å². The summed E-state index contributed by atoms with van der Waals surface area (Å²) in [4.78, 5) is 11.2. The predicted molar refractivity (Wildman–Crippen MR) is 63.7 cm³/mol. The molecule has 0 amide bonds. The number of rotatable bonds is 2. The second-order valence-corrected chi connectivity index (χ2v) is 3.84. The van der Waals surface area contributed by atoms with Crippen LogP contribution in [-0.2, 0) is 5.88 Å². The van der Waals surface area contributed by atoms with E-state index >= 15 is 0 Å². The normalized spacial score (nSPS) is 10.5. The number of alkyl halides is 1. The molecule has 0 bridgehead atoms. The lowest BCUT2D eigenvalue weighted by atomic mass is 10.0. The van der Waals surface area contributed by atoms with Gasteiger partial charge in [-0.15, -0.1) is 11.6 Å². The highest BCUT2D eigenvalue weighted by Crippen LogP contribution is 2.25. The van der Waals surface area contributed by atoms with Gasteiger partial charge in [0.15, 0.2) is 0 Å². The van der Waals surface area contributed by atoms with Crippen molar-refractivity contribution in [2.24, 2.45) is 0 Å². The van der Waals surface area contributed by atoms with Gasteiger partial charge in [0, 0.05) is 11.4 Å². The highest BCUT2D eigenvalue weighted by atomic mass is 35.5. The Hall–Kier alpha value is -1.05. The van der Waals surface area contributed by atoms with Gasteiger partial charge >= 0.3 is 0 Å². The Bertz CT molecular complexity index is 520. The predicted octanol–water partition coefficient (Wildman–Crippen LogP) is 3.96. The van der Waals surface area contributed by atoms with E-state index in [1.807, 2.05) is 30.3 Å². The average Bonchev–Trinajstić information content (AvgIpc) is 2.27. The zero-order valence-electron chi connectivity index (χ0n) is 7.84. The van der Waals surface area contributed by atoms with E-state index in [1.165, 1.54) is 0 Å². The summed E-state index contributed by atoms with van der Waals surface area (Å²) in [5.74, 6) is 0.428. The number of carbonyl (C=O) groups is 1. The number of hydrogen-bond acceptors (Lipinski definition) is 1. The third-order valence-electron chi connectivity index (χ3n) is 2.37. The molecule has 2 aromatic rings. The van der Waals surface area contributed by atoms with Crippen molar-refractivity contribution in [3.8, 4) is 0 Å². The molecule has 2 rings (SSSR count). The standard InChI is InChI=1S/C12H8Cl2O/c13-7-8-5-6-11(12(14)15)10-4-2-1-3-9(8)10/h1-6H,7H2. The summed E-state index contributed by atoms with van der Waals surface area (Å²) in [6.07, 6.45) is 0. The van der Waals surface area contributed by atoms with Crippen LogP contribution >= 0.6 is 23.2 Å². The molecule has 1 nitrogen and oxygen atoms in total. The number of benzene rings is 2. The molecule has 0 atom stereocenters. The average molecular weight is 239 g/mol. The molecule has 0 aliphatic rings. The first-order valence-electron chi connectivity index (χ1n) is 4.50. The fourth-order valence-corrected chi connectivity index (χ4v) is 2.05. The lowest BCUT2D eigenvalue weighted by molar-refractivity contribution is 0.108. The van der Waals surface area contributed by atoms with E-state index in [0.29, 0.717) is 11.4 Å². The van der Waals surface area contributed by atoms with Crippen molar-refractivity contribution in [2.45, 2.75) is 5.88 Å². The summed E-state index contributed by atoms with van der Waals surface area (Å²) < 4.78 is 0. The molecule has 0 unspecified atom stereocenters. The van der Waals surface area contributed by atoms with Crippen LogP contribution in [0.4, 0.5) is 0 Å². The van der Waals surface area contributed by atoms with Crippen molar-refractivity contribution in [1.29, 1.82) is 0 Å². The smallest absolute Gasteiger partial charge is 0.253 e. The number of fused-ring (bicyclic) bond motifs is 1. The first kappa shape index (κ1) is 10.5. The number of hydrogen-bond donors (Lipinski definition) is 0. The summed E-state index contributed by atoms with van der Waals surface area (Å²) >= 11 is 11.3. The van der Waals surface area contributed by atoms with Crippen molar-refractivity contribution in [3.05, 3.63) is 47.5 Å². The molecule has 0 radical (unpaired) electrons. The topological polar surface area (TPSA) is 17.1 Å². The molecule has 0 fully saturated rings. The van der Waals surface area contributed by atoms with E-state index in [4.69, 9.17) is 23.2 Å². The lowest BCUT2D eigenvalue weighted by Crippen LogP contribution is -1.93. The zero-order valence-corrected chi connectivity index (χ0v) is 9.35. The SMILES string of the molecule is O=C(Cl)c1ccc(CCl)c2ccccc12. The van der Waals surface area contributed by atoms with Crippen molar-refractivity contribution < 1.29 is 4.79 Å². The van der Waals surface area contributed by atoms with E-state index in [9.17, 15) is 4.79 Å². The highest BCUT2D eigenvalue weighted by molar-refractivity contribution is 6.68. The molecule has 0 N–H and O–H groups in total. The Kier molecular flexibility index (Phi) is 2.94. The van der Waals surface area contributed by atoms with Gasteiger partial charge in [0.1, 0.15) is 0 Å². The van der Waals surface area contributed by atoms with Gasteiger partial charge in [-0.2, -0.15) is 0 Å². The van der Waals surface area contributed by atoms with Gasteiger partial charge in [-0.1, -0.05) is 30.3 Å². The molecule has 0 aliphatic heterocycles. The van der Waals surface area contributed by atoms with Crippen molar-refractivity contribution in [3.63, 3.8) is 0 Å². The first-order valence-corrected chi connectivity index (χ1v) is 5.41. The maximum Gasteiger partial charge on any atom is 0.253 e. The van der Waals surface area contributed by atoms with Gasteiger partial charge in [0.05, 0.1) is 0 Å². The molecule has 0 heterocycles. The Morgan fingerprint density at radius 2 is 1.73 bits per heavy atom. The van der Waals surface area contributed by atoms with Crippen LogP contribution in [0.15, 0.2) is 36.4 Å². The van der Waals surface area contributed by atoms with Crippen LogP contribution in [0.2, 0.25) is 0 Å². The summed E-state index contributed by atoms with van der Waals surface area (Å²) in [7, 11) is 0. The third kappa shape index (κ3) is 1.85. The number of carbonyl (C=O) groups excluding carboxylic acids is 1. The van der Waals surface area contributed by atoms with Gasteiger partial charge in [-0.3, -0.25) is 4.79 Å². The zero-order chi connectivity index (χ0) is 10.8. The molecule has 3 heteroatoms. The van der Waals surface area contributed by atoms with Crippen LogP contribution in [0.3, 0.4) is 0 Å². The Labute approximate surface area is 97.6 Å². The van der Waals surface area contributed by atoms with E-state index in [2.05, 4.69) is 0 Å². The number of halogens is 2. The van der Waals surface area contributed by atoms with Gasteiger partial charge in [-0.25, -0.2) is 0 Å². The highest BCUT2D eigenvalue weighted by Gasteiger charge is 2.09. The van der Waals surface area contributed by atoms with E-state index in [0.717, 1.165) is 16.3 Å². The minimum Gasteiger partial charge on any atom is -0.276 e. The minimum atomic E-state index is -0.438. The van der Waals surface area contributed by atoms with Crippen LogP contribution in [-0.4, -0.2) is 5.24 Å².